The third-order valence-corrected chi connectivity index (χ3v) is 4.02. The van der Waals surface area contributed by atoms with Gasteiger partial charge in [0.05, 0.1) is 14.2 Å². The molecular weight excluding hydrogens is 318 g/mol. The van der Waals surface area contributed by atoms with Crippen LogP contribution in [0.25, 0.3) is 28.4 Å². The Balaban J connectivity index is 1.76. The fraction of sp³-hybridized carbons (Fsp3) is 0.158. The van der Waals surface area contributed by atoms with E-state index in [2.05, 4.69) is 10.1 Å². The average molecular weight is 335 g/mol. The molecule has 6 nitrogen and oxygen atoms in total. The van der Waals surface area contributed by atoms with Gasteiger partial charge in [-0.3, -0.25) is 0 Å². The molecule has 0 atom stereocenters. The second kappa shape index (κ2) is 5.98. The molecule has 0 radical (unpaired) electrons. The molecular formula is C19H17N3O3. The van der Waals surface area contributed by atoms with E-state index in [1.165, 1.54) is 0 Å². The molecule has 0 amide bonds. The summed E-state index contributed by atoms with van der Waals surface area (Å²) >= 11 is 0. The maximum atomic E-state index is 5.60. The Morgan fingerprint density at radius 1 is 0.920 bits per heavy atom. The molecule has 0 spiro atoms. The number of pyridine rings is 1. The minimum Gasteiger partial charge on any atom is -0.493 e. The van der Waals surface area contributed by atoms with Gasteiger partial charge in [0.25, 0.3) is 0 Å². The van der Waals surface area contributed by atoms with Gasteiger partial charge in [-0.15, -0.1) is 5.10 Å². The first-order valence-electron chi connectivity index (χ1n) is 7.83. The predicted molar refractivity (Wildman–Crippen MR) is 94.0 cm³/mol. The van der Waals surface area contributed by atoms with Crippen molar-refractivity contribution in [3.8, 4) is 34.2 Å². The van der Waals surface area contributed by atoms with Crippen molar-refractivity contribution in [2.75, 3.05) is 14.2 Å². The van der Waals surface area contributed by atoms with Gasteiger partial charge in [-0.25, -0.2) is 9.50 Å². The molecule has 0 N–H and O–H groups in total. The summed E-state index contributed by atoms with van der Waals surface area (Å²) in [6, 6.07) is 13.6. The molecule has 4 aromatic rings. The monoisotopic (exact) mass is 335 g/mol. The minimum atomic E-state index is 0.567. The van der Waals surface area contributed by atoms with Crippen molar-refractivity contribution in [1.29, 1.82) is 0 Å². The second-order valence-electron chi connectivity index (χ2n) is 5.63. The quantitative estimate of drug-likeness (QED) is 0.564. The van der Waals surface area contributed by atoms with Gasteiger partial charge in [-0.1, -0.05) is 6.07 Å². The van der Waals surface area contributed by atoms with Gasteiger partial charge in [0.15, 0.2) is 22.9 Å². The number of furan rings is 1. The topological polar surface area (TPSA) is 61.8 Å². The number of rotatable bonds is 4. The van der Waals surface area contributed by atoms with E-state index in [1.54, 1.807) is 18.7 Å². The second-order valence-corrected chi connectivity index (χ2v) is 5.63. The fourth-order valence-corrected chi connectivity index (χ4v) is 2.74. The van der Waals surface area contributed by atoms with Gasteiger partial charge in [-0.05, 0) is 54.4 Å². The molecule has 6 heteroatoms. The van der Waals surface area contributed by atoms with E-state index in [0.717, 1.165) is 22.5 Å². The first-order valence-corrected chi connectivity index (χ1v) is 7.83. The smallest absolute Gasteiger partial charge is 0.217 e. The lowest BCUT2D eigenvalue weighted by molar-refractivity contribution is 0.355. The van der Waals surface area contributed by atoms with Crippen molar-refractivity contribution in [1.82, 2.24) is 14.6 Å². The van der Waals surface area contributed by atoms with E-state index >= 15 is 0 Å². The average Bonchev–Trinajstić information content (AvgIpc) is 3.26. The van der Waals surface area contributed by atoms with Crippen molar-refractivity contribution >= 4 is 5.65 Å². The highest BCUT2D eigenvalue weighted by molar-refractivity contribution is 5.70. The van der Waals surface area contributed by atoms with Crippen molar-refractivity contribution in [3.05, 3.63) is 54.4 Å². The van der Waals surface area contributed by atoms with Crippen LogP contribution in [-0.2, 0) is 0 Å². The Morgan fingerprint density at radius 3 is 2.44 bits per heavy atom. The fourth-order valence-electron chi connectivity index (χ4n) is 2.74. The lowest BCUT2D eigenvalue weighted by atomic mass is 10.1. The van der Waals surface area contributed by atoms with Crippen LogP contribution in [0.4, 0.5) is 0 Å². The summed E-state index contributed by atoms with van der Waals surface area (Å²) in [7, 11) is 3.25. The number of benzene rings is 1. The van der Waals surface area contributed by atoms with E-state index in [9.17, 15) is 0 Å². The summed E-state index contributed by atoms with van der Waals surface area (Å²) in [5, 5.41) is 4.46. The summed E-state index contributed by atoms with van der Waals surface area (Å²) < 4.78 is 18.0. The molecule has 0 fully saturated rings. The number of aryl methyl sites for hydroxylation is 1. The van der Waals surface area contributed by atoms with Gasteiger partial charge < -0.3 is 13.9 Å². The molecule has 1 aromatic carbocycles. The molecule has 25 heavy (non-hydrogen) atoms. The highest BCUT2D eigenvalue weighted by Gasteiger charge is 2.12. The highest BCUT2D eigenvalue weighted by Crippen LogP contribution is 2.32. The number of hydrogen-bond donors (Lipinski definition) is 0. The van der Waals surface area contributed by atoms with Crippen molar-refractivity contribution in [2.24, 2.45) is 0 Å². The molecule has 3 heterocycles. The van der Waals surface area contributed by atoms with Crippen molar-refractivity contribution in [3.63, 3.8) is 0 Å². The molecule has 0 saturated carbocycles. The van der Waals surface area contributed by atoms with E-state index in [1.807, 2.05) is 55.6 Å². The van der Waals surface area contributed by atoms with E-state index < -0.39 is 0 Å². The summed E-state index contributed by atoms with van der Waals surface area (Å²) in [6.45, 7) is 1.90. The van der Waals surface area contributed by atoms with E-state index in [-0.39, 0.29) is 0 Å². The van der Waals surface area contributed by atoms with E-state index in [0.29, 0.717) is 23.1 Å². The number of hydrogen-bond acceptors (Lipinski definition) is 5. The predicted octanol–water partition coefficient (Wildman–Crippen LogP) is 3.98. The number of ether oxygens (including phenoxy) is 2. The molecule has 0 saturated heterocycles. The summed E-state index contributed by atoms with van der Waals surface area (Å²) in [6.07, 6.45) is 1.88. The normalized spacial score (nSPS) is 11.0. The minimum absolute atomic E-state index is 0.567. The SMILES string of the molecule is COc1ccc(-c2ccn3nc(-c4ccc(C)o4)nc3c2)cc1OC. The number of nitrogens with zero attached hydrogens (tertiary/aromatic N) is 3. The van der Waals surface area contributed by atoms with Crippen LogP contribution in [0.3, 0.4) is 0 Å². The number of methoxy groups -OCH3 is 2. The standard InChI is InChI=1S/C19H17N3O3/c1-12-4-6-16(25-12)19-20-18-11-14(8-9-22(18)21-19)13-5-7-15(23-2)17(10-13)24-3/h4-11H,1-3H3. The first-order chi connectivity index (χ1) is 12.2. The number of fused-ring (bicyclic) bond motifs is 1. The molecule has 0 unspecified atom stereocenters. The third kappa shape index (κ3) is 2.71. The van der Waals surface area contributed by atoms with Crippen LogP contribution in [0.2, 0.25) is 0 Å². The van der Waals surface area contributed by atoms with Gasteiger partial charge in [0, 0.05) is 6.20 Å². The van der Waals surface area contributed by atoms with Gasteiger partial charge in [-0.2, -0.15) is 0 Å². The summed E-state index contributed by atoms with van der Waals surface area (Å²) in [5.41, 5.74) is 2.78. The molecule has 126 valence electrons. The summed E-state index contributed by atoms with van der Waals surface area (Å²) in [5.74, 6) is 3.45. The Bertz CT molecular complexity index is 1050. The van der Waals surface area contributed by atoms with Crippen molar-refractivity contribution in [2.45, 2.75) is 6.92 Å². The molecule has 3 aromatic heterocycles. The summed E-state index contributed by atoms with van der Waals surface area (Å²) in [4.78, 5) is 4.56. The molecule has 0 aliphatic carbocycles. The number of aromatic nitrogens is 3. The Hall–Kier alpha value is -3.28. The van der Waals surface area contributed by atoms with Crippen LogP contribution >= 0.6 is 0 Å². The zero-order valence-electron chi connectivity index (χ0n) is 14.2. The largest absolute Gasteiger partial charge is 0.493 e. The highest BCUT2D eigenvalue weighted by atomic mass is 16.5. The Morgan fingerprint density at radius 2 is 1.72 bits per heavy atom. The zero-order valence-corrected chi connectivity index (χ0v) is 14.2. The third-order valence-electron chi connectivity index (χ3n) is 4.02. The van der Waals surface area contributed by atoms with Crippen LogP contribution < -0.4 is 9.47 Å². The van der Waals surface area contributed by atoms with Gasteiger partial charge in [0.1, 0.15) is 5.76 Å². The van der Waals surface area contributed by atoms with E-state index in [4.69, 9.17) is 13.9 Å². The maximum absolute atomic E-state index is 5.60. The van der Waals surface area contributed by atoms with Crippen molar-refractivity contribution < 1.29 is 13.9 Å². The zero-order chi connectivity index (χ0) is 17.4. The van der Waals surface area contributed by atoms with Crippen LogP contribution in [0.15, 0.2) is 53.1 Å². The van der Waals surface area contributed by atoms with Crippen LogP contribution in [0, 0.1) is 6.92 Å². The molecule has 0 aliphatic rings. The maximum Gasteiger partial charge on any atom is 0.217 e. The first kappa shape index (κ1) is 15.3. The van der Waals surface area contributed by atoms with Crippen LogP contribution in [0.1, 0.15) is 5.76 Å². The lowest BCUT2D eigenvalue weighted by Crippen LogP contribution is -1.92. The van der Waals surface area contributed by atoms with Gasteiger partial charge in [0.2, 0.25) is 5.82 Å². The van der Waals surface area contributed by atoms with Crippen LogP contribution in [0.5, 0.6) is 11.5 Å². The Kier molecular flexibility index (Phi) is 3.65. The molecule has 4 rings (SSSR count). The van der Waals surface area contributed by atoms with Gasteiger partial charge >= 0.3 is 0 Å². The van der Waals surface area contributed by atoms with Crippen LogP contribution in [-0.4, -0.2) is 28.8 Å². The molecule has 0 bridgehead atoms. The Labute approximate surface area is 144 Å². The lowest BCUT2D eigenvalue weighted by Gasteiger charge is -2.09. The molecule has 0 aliphatic heterocycles.